The predicted molar refractivity (Wildman–Crippen MR) is 68.1 cm³/mol. The van der Waals surface area contributed by atoms with Crippen molar-refractivity contribution in [2.75, 3.05) is 6.54 Å². The molecule has 0 aliphatic rings. The maximum absolute atomic E-state index is 9.83. The Labute approximate surface area is 110 Å². The standard InChI is InChI=1S/C12H14ClN3O2/c1-12(17,7-14)6-10-15-11(16-18-10)8-3-2-4-9(13)5-8/h2-5,17H,6-7,14H2,1H3. The van der Waals surface area contributed by atoms with Crippen LogP contribution in [0.3, 0.4) is 0 Å². The molecule has 0 saturated heterocycles. The van der Waals surface area contributed by atoms with Gasteiger partial charge in [0.15, 0.2) is 0 Å². The molecule has 0 saturated carbocycles. The predicted octanol–water partition coefficient (Wildman–Crippen LogP) is 1.64. The first-order valence-electron chi connectivity index (χ1n) is 5.51. The molecular weight excluding hydrogens is 254 g/mol. The van der Waals surface area contributed by atoms with Gasteiger partial charge in [-0.3, -0.25) is 0 Å². The smallest absolute Gasteiger partial charge is 0.229 e. The van der Waals surface area contributed by atoms with Gasteiger partial charge in [0.1, 0.15) is 0 Å². The summed E-state index contributed by atoms with van der Waals surface area (Å²) < 4.78 is 5.08. The first kappa shape index (κ1) is 13.0. The second kappa shape index (κ2) is 5.06. The Hall–Kier alpha value is -1.43. The Morgan fingerprint density at radius 3 is 2.94 bits per heavy atom. The summed E-state index contributed by atoms with van der Waals surface area (Å²) in [6.07, 6.45) is 0.219. The number of aromatic nitrogens is 2. The van der Waals surface area contributed by atoms with Gasteiger partial charge in [0.25, 0.3) is 0 Å². The largest absolute Gasteiger partial charge is 0.388 e. The Bertz CT molecular complexity index is 540. The third-order valence-corrected chi connectivity index (χ3v) is 2.76. The van der Waals surface area contributed by atoms with E-state index in [0.717, 1.165) is 5.56 Å². The van der Waals surface area contributed by atoms with Crippen molar-refractivity contribution in [1.29, 1.82) is 0 Å². The van der Waals surface area contributed by atoms with Crippen molar-refractivity contribution < 1.29 is 9.63 Å². The van der Waals surface area contributed by atoms with Crippen LogP contribution in [0.25, 0.3) is 11.4 Å². The summed E-state index contributed by atoms with van der Waals surface area (Å²) in [5.41, 5.74) is 5.16. The van der Waals surface area contributed by atoms with Crippen LogP contribution in [0.1, 0.15) is 12.8 Å². The summed E-state index contributed by atoms with van der Waals surface area (Å²) in [6.45, 7) is 1.75. The van der Waals surface area contributed by atoms with Gasteiger partial charge in [0.2, 0.25) is 11.7 Å². The number of halogens is 1. The van der Waals surface area contributed by atoms with Crippen LogP contribution in [0.4, 0.5) is 0 Å². The number of nitrogens with two attached hydrogens (primary N) is 1. The normalized spacial score (nSPS) is 14.4. The molecule has 1 aromatic heterocycles. The van der Waals surface area contributed by atoms with E-state index in [4.69, 9.17) is 21.9 Å². The molecule has 2 rings (SSSR count). The number of aliphatic hydroxyl groups is 1. The van der Waals surface area contributed by atoms with Crippen LogP contribution in [0.2, 0.25) is 5.02 Å². The van der Waals surface area contributed by atoms with Crippen LogP contribution in [0, 0.1) is 0 Å². The molecule has 0 bridgehead atoms. The Morgan fingerprint density at radius 2 is 2.28 bits per heavy atom. The van der Waals surface area contributed by atoms with Gasteiger partial charge in [-0.05, 0) is 19.1 Å². The second-order valence-electron chi connectivity index (χ2n) is 4.40. The highest BCUT2D eigenvalue weighted by Gasteiger charge is 2.22. The van der Waals surface area contributed by atoms with E-state index in [1.54, 1.807) is 19.1 Å². The molecule has 0 aliphatic heterocycles. The van der Waals surface area contributed by atoms with Crippen LogP contribution < -0.4 is 5.73 Å². The third kappa shape index (κ3) is 3.07. The lowest BCUT2D eigenvalue weighted by atomic mass is 10.0. The van der Waals surface area contributed by atoms with Crippen molar-refractivity contribution in [3.63, 3.8) is 0 Å². The Kier molecular flexibility index (Phi) is 3.65. The van der Waals surface area contributed by atoms with Crippen molar-refractivity contribution in [3.05, 3.63) is 35.2 Å². The van der Waals surface area contributed by atoms with E-state index < -0.39 is 5.60 Å². The van der Waals surface area contributed by atoms with Gasteiger partial charge in [-0.25, -0.2) is 0 Å². The quantitative estimate of drug-likeness (QED) is 0.880. The number of rotatable bonds is 4. The molecule has 3 N–H and O–H groups in total. The molecule has 6 heteroatoms. The van der Waals surface area contributed by atoms with Crippen molar-refractivity contribution in [3.8, 4) is 11.4 Å². The Morgan fingerprint density at radius 1 is 1.50 bits per heavy atom. The molecule has 2 aromatic rings. The number of nitrogens with zero attached hydrogens (tertiary/aromatic N) is 2. The summed E-state index contributed by atoms with van der Waals surface area (Å²) in [7, 11) is 0. The van der Waals surface area contributed by atoms with Crippen LogP contribution >= 0.6 is 11.6 Å². The first-order chi connectivity index (χ1) is 8.50. The van der Waals surface area contributed by atoms with Gasteiger partial charge in [0.05, 0.1) is 12.0 Å². The zero-order chi connectivity index (χ0) is 13.2. The fourth-order valence-electron chi connectivity index (χ4n) is 1.47. The molecule has 18 heavy (non-hydrogen) atoms. The van der Waals surface area contributed by atoms with Gasteiger partial charge in [-0.1, -0.05) is 28.9 Å². The summed E-state index contributed by atoms with van der Waals surface area (Å²) in [6, 6.07) is 7.16. The fourth-order valence-corrected chi connectivity index (χ4v) is 1.66. The minimum atomic E-state index is -1.04. The van der Waals surface area contributed by atoms with Crippen LogP contribution in [-0.4, -0.2) is 27.4 Å². The van der Waals surface area contributed by atoms with Crippen LogP contribution in [-0.2, 0) is 6.42 Å². The first-order valence-corrected chi connectivity index (χ1v) is 5.89. The minimum absolute atomic E-state index is 0.127. The number of hydrogen-bond donors (Lipinski definition) is 2. The molecule has 1 aromatic carbocycles. The molecule has 0 fully saturated rings. The topological polar surface area (TPSA) is 85.2 Å². The minimum Gasteiger partial charge on any atom is -0.388 e. The second-order valence-corrected chi connectivity index (χ2v) is 4.84. The molecule has 0 radical (unpaired) electrons. The molecule has 5 nitrogen and oxygen atoms in total. The van der Waals surface area contributed by atoms with E-state index in [2.05, 4.69) is 10.1 Å². The number of benzene rings is 1. The van der Waals surface area contributed by atoms with E-state index in [0.29, 0.717) is 16.7 Å². The summed E-state index contributed by atoms with van der Waals surface area (Å²) in [5.74, 6) is 0.792. The summed E-state index contributed by atoms with van der Waals surface area (Å²) >= 11 is 5.89. The lowest BCUT2D eigenvalue weighted by Gasteiger charge is -2.17. The monoisotopic (exact) mass is 267 g/mol. The average Bonchev–Trinajstić information content (AvgIpc) is 2.77. The molecule has 0 amide bonds. The lowest BCUT2D eigenvalue weighted by Crippen LogP contribution is -2.36. The maximum atomic E-state index is 9.83. The lowest BCUT2D eigenvalue weighted by molar-refractivity contribution is 0.0610. The van der Waals surface area contributed by atoms with Gasteiger partial charge >= 0.3 is 0 Å². The third-order valence-electron chi connectivity index (χ3n) is 2.52. The highest BCUT2D eigenvalue weighted by atomic mass is 35.5. The zero-order valence-electron chi connectivity index (χ0n) is 9.93. The maximum Gasteiger partial charge on any atom is 0.229 e. The SMILES string of the molecule is CC(O)(CN)Cc1nc(-c2cccc(Cl)c2)no1. The average molecular weight is 268 g/mol. The number of hydrogen-bond acceptors (Lipinski definition) is 5. The highest BCUT2D eigenvalue weighted by molar-refractivity contribution is 6.30. The van der Waals surface area contributed by atoms with E-state index in [9.17, 15) is 5.11 Å². The zero-order valence-corrected chi connectivity index (χ0v) is 10.7. The molecule has 0 spiro atoms. The fraction of sp³-hybridized carbons (Fsp3) is 0.333. The summed E-state index contributed by atoms with van der Waals surface area (Å²) in [4.78, 5) is 4.20. The van der Waals surface area contributed by atoms with E-state index >= 15 is 0 Å². The van der Waals surface area contributed by atoms with E-state index in [1.807, 2.05) is 12.1 Å². The van der Waals surface area contributed by atoms with Gasteiger partial charge in [-0.15, -0.1) is 0 Å². The van der Waals surface area contributed by atoms with Gasteiger partial charge in [0, 0.05) is 17.1 Å². The molecule has 1 atom stereocenters. The molecular formula is C12H14ClN3O2. The molecule has 1 unspecified atom stereocenters. The van der Waals surface area contributed by atoms with E-state index in [1.165, 1.54) is 0 Å². The van der Waals surface area contributed by atoms with Crippen LogP contribution in [0.15, 0.2) is 28.8 Å². The van der Waals surface area contributed by atoms with Crippen molar-refractivity contribution in [2.24, 2.45) is 5.73 Å². The molecule has 0 aliphatic carbocycles. The van der Waals surface area contributed by atoms with Crippen molar-refractivity contribution in [1.82, 2.24) is 10.1 Å². The highest BCUT2D eigenvalue weighted by Crippen LogP contribution is 2.21. The van der Waals surface area contributed by atoms with Crippen molar-refractivity contribution >= 4 is 11.6 Å². The van der Waals surface area contributed by atoms with E-state index in [-0.39, 0.29) is 13.0 Å². The van der Waals surface area contributed by atoms with Crippen LogP contribution in [0.5, 0.6) is 0 Å². The van der Waals surface area contributed by atoms with Gasteiger partial charge < -0.3 is 15.4 Å². The molecule has 96 valence electrons. The Balaban J connectivity index is 2.21. The molecule has 1 heterocycles. The van der Waals surface area contributed by atoms with Gasteiger partial charge in [-0.2, -0.15) is 4.98 Å². The van der Waals surface area contributed by atoms with Crippen molar-refractivity contribution in [2.45, 2.75) is 18.9 Å². The summed E-state index contributed by atoms with van der Waals surface area (Å²) in [5, 5.41) is 14.3.